The quantitative estimate of drug-likeness (QED) is 0.580. The topological polar surface area (TPSA) is 65.8 Å². The zero-order chi connectivity index (χ0) is 21.1. The van der Waals surface area contributed by atoms with Gasteiger partial charge in [-0.25, -0.2) is 4.98 Å². The second-order valence-corrected chi connectivity index (χ2v) is 8.05. The van der Waals surface area contributed by atoms with Gasteiger partial charge in [-0.1, -0.05) is 47.5 Å². The van der Waals surface area contributed by atoms with Crippen molar-refractivity contribution >= 4 is 28.9 Å². The van der Waals surface area contributed by atoms with Crippen molar-refractivity contribution in [3.63, 3.8) is 0 Å². The van der Waals surface area contributed by atoms with Crippen LogP contribution in [0.5, 0.6) is 5.88 Å². The number of halogens is 2. The van der Waals surface area contributed by atoms with Gasteiger partial charge in [-0.05, 0) is 35.9 Å². The lowest BCUT2D eigenvalue weighted by Gasteiger charge is -2.23. The lowest BCUT2D eigenvalue weighted by atomic mass is 9.98. The first-order chi connectivity index (χ1) is 14.6. The first-order valence-electron chi connectivity index (χ1n) is 9.75. The van der Waals surface area contributed by atoms with E-state index in [1.165, 1.54) is 0 Å². The molecule has 0 spiro atoms. The fourth-order valence-electron chi connectivity index (χ4n) is 3.75. The number of nitrogens with zero attached hydrogens (tertiary/aromatic N) is 2. The molecule has 2 heterocycles. The largest absolute Gasteiger partial charge is 0.471 e. The van der Waals surface area contributed by atoms with Gasteiger partial charge >= 0.3 is 0 Å². The van der Waals surface area contributed by atoms with Gasteiger partial charge in [-0.15, -0.1) is 0 Å². The van der Waals surface area contributed by atoms with Crippen molar-refractivity contribution in [3.8, 4) is 5.88 Å². The summed E-state index contributed by atoms with van der Waals surface area (Å²) < 4.78 is 5.96. The van der Waals surface area contributed by atoms with Crippen molar-refractivity contribution in [2.75, 3.05) is 18.0 Å². The Hall–Kier alpha value is -2.31. The van der Waals surface area contributed by atoms with Gasteiger partial charge in [0, 0.05) is 41.0 Å². The monoisotopic (exact) mass is 444 g/mol. The van der Waals surface area contributed by atoms with E-state index in [0.717, 1.165) is 24.2 Å². The number of hydrogen-bond acceptors (Lipinski definition) is 5. The van der Waals surface area contributed by atoms with Gasteiger partial charge in [-0.2, -0.15) is 0 Å². The van der Waals surface area contributed by atoms with Crippen LogP contribution < -0.4 is 9.64 Å². The molecule has 0 bridgehead atoms. The molecule has 1 fully saturated rings. The number of anilines is 1. The molecule has 0 aliphatic carbocycles. The Balaban J connectivity index is 1.51. The molecule has 30 heavy (non-hydrogen) atoms. The molecule has 0 radical (unpaired) electrons. The summed E-state index contributed by atoms with van der Waals surface area (Å²) in [5, 5.41) is 21.7. The van der Waals surface area contributed by atoms with E-state index in [2.05, 4.69) is 9.88 Å². The molecule has 2 aromatic carbocycles. The third-order valence-corrected chi connectivity index (χ3v) is 5.91. The molecule has 7 heteroatoms. The highest BCUT2D eigenvalue weighted by molar-refractivity contribution is 6.31. The van der Waals surface area contributed by atoms with E-state index in [1.807, 2.05) is 30.3 Å². The van der Waals surface area contributed by atoms with Gasteiger partial charge < -0.3 is 19.8 Å². The predicted octanol–water partition coefficient (Wildman–Crippen LogP) is 4.62. The maximum absolute atomic E-state index is 10.8. The fourth-order valence-corrected chi connectivity index (χ4v) is 4.15. The van der Waals surface area contributed by atoms with Crippen LogP contribution in [0.1, 0.15) is 29.2 Å². The van der Waals surface area contributed by atoms with E-state index in [-0.39, 0.29) is 12.7 Å². The van der Waals surface area contributed by atoms with Crippen LogP contribution in [-0.2, 0) is 6.61 Å². The highest BCUT2D eigenvalue weighted by Gasteiger charge is 2.27. The highest BCUT2D eigenvalue weighted by atomic mass is 35.5. The molecule has 5 nitrogen and oxygen atoms in total. The summed E-state index contributed by atoms with van der Waals surface area (Å²) in [5.41, 5.74) is 2.99. The molecule has 156 valence electrons. The smallest absolute Gasteiger partial charge is 0.232 e. The van der Waals surface area contributed by atoms with Crippen LogP contribution >= 0.6 is 23.2 Å². The number of pyridine rings is 1. The molecule has 1 saturated heterocycles. The Kier molecular flexibility index (Phi) is 6.44. The average molecular weight is 445 g/mol. The number of rotatable bonds is 6. The number of benzene rings is 2. The molecular formula is C23H22Cl2N2O3. The molecule has 2 unspecified atom stereocenters. The van der Waals surface area contributed by atoms with Crippen molar-refractivity contribution in [2.45, 2.75) is 25.2 Å². The molecular weight excluding hydrogens is 423 g/mol. The van der Waals surface area contributed by atoms with Crippen molar-refractivity contribution in [2.24, 2.45) is 0 Å². The minimum absolute atomic E-state index is 0.0441. The fraction of sp³-hybridized carbons (Fsp3) is 0.261. The second-order valence-electron chi connectivity index (χ2n) is 7.24. The van der Waals surface area contributed by atoms with E-state index >= 15 is 0 Å². The molecule has 0 amide bonds. The first-order valence-corrected chi connectivity index (χ1v) is 10.5. The molecule has 2 atom stereocenters. The van der Waals surface area contributed by atoms with Gasteiger partial charge in [0.05, 0.1) is 13.2 Å². The lowest BCUT2D eigenvalue weighted by Crippen LogP contribution is -2.25. The average Bonchev–Trinajstić information content (AvgIpc) is 3.23. The summed E-state index contributed by atoms with van der Waals surface area (Å²) in [6.45, 7) is 1.31. The summed E-state index contributed by atoms with van der Waals surface area (Å²) in [5.74, 6) is 0.437. The molecule has 2 N–H and O–H groups in total. The van der Waals surface area contributed by atoms with Crippen LogP contribution in [0, 0.1) is 0 Å². The van der Waals surface area contributed by atoms with Crippen LogP contribution in [0.2, 0.25) is 10.0 Å². The normalized spacial score (nSPS) is 17.2. The standard InChI is InChI=1S/C23H22Cl2N2O3/c24-19-5-2-1-4-18(19)22(29)15-7-8-21(16(12-15)14-28)27-11-9-17(13-27)30-23-20(25)6-3-10-26-23/h1-8,10,12,17,22,28-29H,9,11,13-14H2. The Morgan fingerprint density at radius 2 is 1.90 bits per heavy atom. The third kappa shape index (κ3) is 4.40. The van der Waals surface area contributed by atoms with E-state index < -0.39 is 6.10 Å². The first kappa shape index (κ1) is 20.9. The zero-order valence-electron chi connectivity index (χ0n) is 16.2. The highest BCUT2D eigenvalue weighted by Crippen LogP contribution is 2.33. The van der Waals surface area contributed by atoms with Crippen molar-refractivity contribution in [1.82, 2.24) is 4.98 Å². The van der Waals surface area contributed by atoms with Crippen molar-refractivity contribution in [3.05, 3.63) is 87.5 Å². The Morgan fingerprint density at radius 3 is 2.67 bits per heavy atom. The Bertz CT molecular complexity index is 1030. The maximum Gasteiger partial charge on any atom is 0.232 e. The Morgan fingerprint density at radius 1 is 1.10 bits per heavy atom. The summed E-state index contributed by atoms with van der Waals surface area (Å²) in [4.78, 5) is 6.35. The molecule has 1 aliphatic heterocycles. The van der Waals surface area contributed by atoms with Crippen LogP contribution in [-0.4, -0.2) is 34.4 Å². The van der Waals surface area contributed by atoms with Gasteiger partial charge in [0.15, 0.2) is 0 Å². The minimum atomic E-state index is -0.862. The van der Waals surface area contributed by atoms with Gasteiger partial charge in [0.2, 0.25) is 5.88 Å². The van der Waals surface area contributed by atoms with Gasteiger partial charge in [0.1, 0.15) is 17.2 Å². The zero-order valence-corrected chi connectivity index (χ0v) is 17.7. The maximum atomic E-state index is 10.8. The summed E-state index contributed by atoms with van der Waals surface area (Å²) >= 11 is 12.4. The second kappa shape index (κ2) is 9.23. The molecule has 1 aliphatic rings. The number of aliphatic hydroxyl groups excluding tert-OH is 2. The molecule has 4 rings (SSSR count). The van der Waals surface area contributed by atoms with Crippen molar-refractivity contribution < 1.29 is 14.9 Å². The number of aliphatic hydroxyl groups is 2. The van der Waals surface area contributed by atoms with Crippen LogP contribution in [0.3, 0.4) is 0 Å². The lowest BCUT2D eigenvalue weighted by molar-refractivity contribution is 0.216. The van der Waals surface area contributed by atoms with E-state index in [9.17, 15) is 10.2 Å². The summed E-state index contributed by atoms with van der Waals surface area (Å²) in [7, 11) is 0. The van der Waals surface area contributed by atoms with Crippen LogP contribution in [0.4, 0.5) is 5.69 Å². The minimum Gasteiger partial charge on any atom is -0.471 e. The Labute approximate surface area is 185 Å². The van der Waals surface area contributed by atoms with Gasteiger partial charge in [-0.3, -0.25) is 0 Å². The SMILES string of the molecule is OCc1cc(C(O)c2ccccc2Cl)ccc1N1CCC(Oc2ncccc2Cl)C1. The van der Waals surface area contributed by atoms with E-state index in [0.29, 0.717) is 33.6 Å². The van der Waals surface area contributed by atoms with Crippen LogP contribution in [0.15, 0.2) is 60.8 Å². The molecule has 0 saturated carbocycles. The summed E-state index contributed by atoms with van der Waals surface area (Å²) in [6, 6.07) is 16.3. The molecule has 3 aromatic rings. The van der Waals surface area contributed by atoms with Crippen molar-refractivity contribution in [1.29, 1.82) is 0 Å². The third-order valence-electron chi connectivity index (χ3n) is 5.28. The predicted molar refractivity (Wildman–Crippen MR) is 118 cm³/mol. The molecule has 1 aromatic heterocycles. The number of ether oxygens (including phenoxy) is 1. The van der Waals surface area contributed by atoms with Crippen LogP contribution in [0.25, 0.3) is 0 Å². The van der Waals surface area contributed by atoms with E-state index in [1.54, 1.807) is 30.5 Å². The number of aromatic nitrogens is 1. The summed E-state index contributed by atoms with van der Waals surface area (Å²) in [6.07, 6.45) is 1.57. The van der Waals surface area contributed by atoms with Gasteiger partial charge in [0.25, 0.3) is 0 Å². The van der Waals surface area contributed by atoms with E-state index in [4.69, 9.17) is 27.9 Å². The number of hydrogen-bond donors (Lipinski definition) is 2.